The van der Waals surface area contributed by atoms with Crippen molar-refractivity contribution in [1.29, 1.82) is 0 Å². The second kappa shape index (κ2) is 16.2. The molecule has 10 heteroatoms. The van der Waals surface area contributed by atoms with Gasteiger partial charge in [-0.25, -0.2) is 26.3 Å². The fourth-order valence-corrected chi connectivity index (χ4v) is 3.70. The minimum Gasteiger partial charge on any atom is -0.256 e. The molecule has 3 unspecified atom stereocenters. The van der Waals surface area contributed by atoms with E-state index in [1.807, 2.05) is 0 Å². The van der Waals surface area contributed by atoms with Crippen LogP contribution in [0.4, 0.5) is 26.3 Å². The molecule has 3 heterocycles. The van der Waals surface area contributed by atoms with Gasteiger partial charge in [-0.3, -0.25) is 15.0 Å². The molecule has 3 nitrogen and oxygen atoms in total. The van der Waals surface area contributed by atoms with E-state index in [1.165, 1.54) is 0 Å². The van der Waals surface area contributed by atoms with Gasteiger partial charge in [-0.15, -0.1) is 17.2 Å². The van der Waals surface area contributed by atoms with Gasteiger partial charge in [0.2, 0.25) is 0 Å². The minimum atomic E-state index is -1.46. The Kier molecular flexibility index (Phi) is 12.4. The van der Waals surface area contributed by atoms with Gasteiger partial charge in [0.25, 0.3) is 0 Å². The molecule has 3 atom stereocenters. The maximum atomic E-state index is 13.3. The van der Waals surface area contributed by atoms with Crippen molar-refractivity contribution in [2.75, 3.05) is 0 Å². The molecule has 6 rings (SSSR count). The van der Waals surface area contributed by atoms with Gasteiger partial charge in [0, 0.05) is 56.9 Å². The van der Waals surface area contributed by atoms with Gasteiger partial charge in [0.1, 0.15) is 17.5 Å². The summed E-state index contributed by atoms with van der Waals surface area (Å²) in [5.74, 6) is -1.80. The maximum Gasteiger partial charge on any atom is 0.156 e. The standard InChI is InChI=1S/3C11H7F2N.Ir/c3*12-8-4-5-9(10(13)7-8)11-3-1-2-6-14-11;/h3*1-4,6-7,10H;. The molecule has 3 aliphatic carbocycles. The molecule has 0 saturated heterocycles. The summed E-state index contributed by atoms with van der Waals surface area (Å²) >= 11 is 0. The third-order valence-corrected chi connectivity index (χ3v) is 5.66. The van der Waals surface area contributed by atoms with E-state index in [4.69, 9.17) is 0 Å². The monoisotopic (exact) mass is 766 g/mol. The Balaban J connectivity index is 0.000000175. The van der Waals surface area contributed by atoms with Crippen molar-refractivity contribution in [3.05, 3.63) is 161 Å². The molecule has 0 fully saturated rings. The van der Waals surface area contributed by atoms with Crippen LogP contribution in [0.3, 0.4) is 0 Å². The summed E-state index contributed by atoms with van der Waals surface area (Å²) in [5.41, 5.74) is 9.91. The first-order valence-electron chi connectivity index (χ1n) is 12.5. The van der Waals surface area contributed by atoms with Crippen LogP contribution in [-0.2, 0) is 20.1 Å². The van der Waals surface area contributed by atoms with Crippen LogP contribution < -0.4 is 0 Å². The Morgan fingerprint density at radius 1 is 0.465 bits per heavy atom. The smallest absolute Gasteiger partial charge is 0.156 e. The van der Waals surface area contributed by atoms with Gasteiger partial charge in [-0.05, 0) is 54.6 Å². The van der Waals surface area contributed by atoms with Gasteiger partial charge < -0.3 is 0 Å². The van der Waals surface area contributed by atoms with Gasteiger partial charge in [0.05, 0.1) is 33.8 Å². The predicted molar refractivity (Wildman–Crippen MR) is 149 cm³/mol. The third kappa shape index (κ3) is 9.49. The van der Waals surface area contributed by atoms with Crippen molar-refractivity contribution in [2.24, 2.45) is 0 Å². The molecule has 0 spiro atoms. The van der Waals surface area contributed by atoms with Crippen molar-refractivity contribution in [3.8, 4) is 0 Å². The summed E-state index contributed by atoms with van der Waals surface area (Å²) in [4.78, 5) is 11.9. The molecule has 43 heavy (non-hydrogen) atoms. The van der Waals surface area contributed by atoms with Crippen LogP contribution in [0.25, 0.3) is 16.7 Å². The average Bonchev–Trinajstić information content (AvgIpc) is 2.99. The van der Waals surface area contributed by atoms with E-state index >= 15 is 0 Å². The summed E-state index contributed by atoms with van der Waals surface area (Å²) in [6.07, 6.45) is 6.34. The number of aromatic nitrogens is 3. The first kappa shape index (κ1) is 33.0. The van der Waals surface area contributed by atoms with Crippen LogP contribution in [0.15, 0.2) is 144 Å². The molecule has 1 radical (unpaired) electrons. The van der Waals surface area contributed by atoms with E-state index in [1.54, 1.807) is 73.2 Å². The van der Waals surface area contributed by atoms with Crippen molar-refractivity contribution in [1.82, 2.24) is 15.0 Å². The number of nitrogens with zero attached hydrogens (tertiary/aromatic N) is 3. The zero-order valence-corrected chi connectivity index (χ0v) is 24.5. The number of hydrogen-bond donors (Lipinski definition) is 0. The second-order valence-electron chi connectivity index (χ2n) is 8.61. The van der Waals surface area contributed by atoms with Crippen LogP contribution in [0, 0.1) is 0 Å². The van der Waals surface area contributed by atoms with Crippen LogP contribution in [0.2, 0.25) is 0 Å². The molecule has 0 amide bonds. The SMILES string of the molecule is FC1=CC(F)C(c2ccccn2)=C=C1.FC1=CC(F)C(c2ccccn2)=C=C1.FC1=CC(F)C(c2ccccn2)=C=C1.[Ir]. The number of rotatable bonds is 3. The average molecular weight is 766 g/mol. The van der Waals surface area contributed by atoms with Crippen LogP contribution >= 0.6 is 0 Å². The number of pyridine rings is 3. The van der Waals surface area contributed by atoms with Crippen LogP contribution in [0.5, 0.6) is 0 Å². The molecular weight excluding hydrogens is 745 g/mol. The first-order chi connectivity index (χ1) is 20.3. The Morgan fingerprint density at radius 3 is 0.953 bits per heavy atom. The quantitative estimate of drug-likeness (QED) is 0.199. The molecule has 0 N–H and O–H groups in total. The van der Waals surface area contributed by atoms with E-state index in [0.717, 1.165) is 36.5 Å². The number of alkyl halides is 3. The molecule has 3 aliphatic rings. The van der Waals surface area contributed by atoms with E-state index in [9.17, 15) is 26.3 Å². The Morgan fingerprint density at radius 2 is 0.744 bits per heavy atom. The summed E-state index contributed by atoms with van der Waals surface area (Å²) in [7, 11) is 0. The number of allylic oxidation sites excluding steroid dienone is 9. The van der Waals surface area contributed by atoms with Gasteiger partial charge in [-0.2, -0.15) is 0 Å². The van der Waals surface area contributed by atoms with Gasteiger partial charge in [-0.1, -0.05) is 18.2 Å². The van der Waals surface area contributed by atoms with Gasteiger partial charge in [0.15, 0.2) is 18.5 Å². The summed E-state index contributed by atoms with van der Waals surface area (Å²) in [5, 5.41) is 0. The van der Waals surface area contributed by atoms with E-state index < -0.39 is 36.0 Å². The zero-order valence-electron chi connectivity index (χ0n) is 22.1. The molecule has 0 aromatic carbocycles. The molecular formula is C33H21F6IrN3. The van der Waals surface area contributed by atoms with Crippen molar-refractivity contribution >= 4 is 16.7 Å². The van der Waals surface area contributed by atoms with Crippen LogP contribution in [0.1, 0.15) is 17.1 Å². The fraction of sp³-hybridized carbons (Fsp3) is 0.0909. The first-order valence-corrected chi connectivity index (χ1v) is 12.5. The number of halogens is 6. The number of hydrogen-bond acceptors (Lipinski definition) is 3. The van der Waals surface area contributed by atoms with Gasteiger partial charge >= 0.3 is 0 Å². The summed E-state index contributed by atoms with van der Waals surface area (Å²) in [6, 6.07) is 15.5. The normalized spacial score (nSPS) is 19.8. The van der Waals surface area contributed by atoms with E-state index in [-0.39, 0.29) is 36.8 Å². The van der Waals surface area contributed by atoms with Crippen molar-refractivity contribution in [2.45, 2.75) is 18.5 Å². The summed E-state index contributed by atoms with van der Waals surface area (Å²) in [6.45, 7) is 0. The fourth-order valence-electron chi connectivity index (χ4n) is 3.70. The molecule has 3 aromatic heterocycles. The Hall–Kier alpha value is -4.54. The third-order valence-electron chi connectivity index (χ3n) is 5.66. The molecule has 0 aliphatic heterocycles. The molecule has 0 bridgehead atoms. The minimum absolute atomic E-state index is 0. The van der Waals surface area contributed by atoms with E-state index in [0.29, 0.717) is 17.1 Å². The topological polar surface area (TPSA) is 38.7 Å². The van der Waals surface area contributed by atoms with Crippen molar-refractivity contribution < 1.29 is 46.4 Å². The zero-order chi connectivity index (χ0) is 29.9. The Bertz CT molecular complexity index is 1490. The molecule has 0 saturated carbocycles. The van der Waals surface area contributed by atoms with E-state index in [2.05, 4.69) is 32.1 Å². The summed E-state index contributed by atoms with van der Waals surface area (Å²) < 4.78 is 77.7. The predicted octanol–water partition coefficient (Wildman–Crippen LogP) is 8.47. The van der Waals surface area contributed by atoms with Crippen LogP contribution in [-0.4, -0.2) is 33.5 Å². The van der Waals surface area contributed by atoms with Crippen molar-refractivity contribution in [3.63, 3.8) is 0 Å². The Labute approximate surface area is 257 Å². The maximum absolute atomic E-state index is 13.3. The second-order valence-corrected chi connectivity index (χ2v) is 8.61. The largest absolute Gasteiger partial charge is 0.256 e. The molecule has 219 valence electrons. The molecule has 3 aromatic rings.